The quantitative estimate of drug-likeness (QED) is 0.682. The Balaban J connectivity index is 2.29. The minimum Gasteiger partial charge on any atom is -0.397 e. The fourth-order valence-corrected chi connectivity index (χ4v) is 2.08. The van der Waals surface area contributed by atoms with Gasteiger partial charge in [-0.3, -0.25) is 4.57 Å². The van der Waals surface area contributed by atoms with Crippen LogP contribution in [-0.4, -0.2) is 9.55 Å². The predicted molar refractivity (Wildman–Crippen MR) is 70.5 cm³/mol. The monoisotopic (exact) mass is 261 g/mol. The molecule has 0 radical (unpaired) electrons. The Hall–Kier alpha value is -2.07. The molecule has 0 aliphatic carbocycles. The largest absolute Gasteiger partial charge is 0.397 e. The number of rotatable bonds is 1. The molecule has 0 unspecified atom stereocenters. The lowest BCUT2D eigenvalue weighted by molar-refractivity contribution is 0.627. The van der Waals surface area contributed by atoms with Gasteiger partial charge in [-0.15, -0.1) is 0 Å². The molecule has 0 atom stereocenters. The molecule has 1 aromatic heterocycles. The van der Waals surface area contributed by atoms with Crippen LogP contribution in [0.5, 0.6) is 0 Å². The van der Waals surface area contributed by atoms with E-state index in [1.54, 1.807) is 10.9 Å². The highest BCUT2D eigenvalue weighted by Gasteiger charge is 2.10. The van der Waals surface area contributed by atoms with Crippen LogP contribution in [-0.2, 0) is 0 Å². The van der Waals surface area contributed by atoms with Crippen molar-refractivity contribution in [1.29, 1.82) is 0 Å². The van der Waals surface area contributed by atoms with Gasteiger partial charge in [0.1, 0.15) is 12.1 Å². The Morgan fingerprint density at radius 3 is 2.83 bits per heavy atom. The average Bonchev–Trinajstić information content (AvgIpc) is 2.78. The maximum atomic E-state index is 13.5. The molecule has 90 valence electrons. The number of halogens is 2. The summed E-state index contributed by atoms with van der Waals surface area (Å²) in [6.45, 7) is 0. The van der Waals surface area contributed by atoms with Gasteiger partial charge >= 0.3 is 0 Å². The van der Waals surface area contributed by atoms with E-state index in [0.717, 1.165) is 11.0 Å². The molecule has 0 spiro atoms. The third-order valence-electron chi connectivity index (χ3n) is 2.78. The van der Waals surface area contributed by atoms with E-state index in [9.17, 15) is 4.39 Å². The Kier molecular flexibility index (Phi) is 2.45. The summed E-state index contributed by atoms with van der Waals surface area (Å²) in [5, 5.41) is 0.0145. The number of nitrogen functional groups attached to an aromatic ring is 1. The molecule has 0 fully saturated rings. The minimum atomic E-state index is -0.501. The molecular formula is C13H9ClFN3. The first-order valence-electron chi connectivity index (χ1n) is 5.34. The second-order valence-electron chi connectivity index (χ2n) is 3.93. The van der Waals surface area contributed by atoms with Crippen LogP contribution in [0.15, 0.2) is 42.7 Å². The molecule has 18 heavy (non-hydrogen) atoms. The first-order valence-corrected chi connectivity index (χ1v) is 5.71. The molecular weight excluding hydrogens is 253 g/mol. The summed E-state index contributed by atoms with van der Waals surface area (Å²) < 4.78 is 15.3. The van der Waals surface area contributed by atoms with Gasteiger partial charge < -0.3 is 5.73 Å². The molecule has 3 aromatic rings. The van der Waals surface area contributed by atoms with Crippen LogP contribution >= 0.6 is 11.6 Å². The SMILES string of the molecule is Nc1cc(Cl)c(F)cc1-n1cnc2ccccc21. The number of fused-ring (bicyclic) bond motifs is 1. The van der Waals surface area contributed by atoms with E-state index in [1.165, 1.54) is 12.1 Å². The number of anilines is 1. The molecule has 0 saturated carbocycles. The number of nitrogens with two attached hydrogens (primary N) is 1. The highest BCUT2D eigenvalue weighted by atomic mass is 35.5. The van der Waals surface area contributed by atoms with Gasteiger partial charge in [0.2, 0.25) is 0 Å². The van der Waals surface area contributed by atoms with Crippen LogP contribution in [0.25, 0.3) is 16.7 Å². The number of imidazole rings is 1. The third-order valence-corrected chi connectivity index (χ3v) is 3.07. The Morgan fingerprint density at radius 1 is 1.22 bits per heavy atom. The van der Waals surface area contributed by atoms with E-state index in [0.29, 0.717) is 11.4 Å². The molecule has 0 aliphatic rings. The summed E-state index contributed by atoms with van der Waals surface area (Å²) in [6.07, 6.45) is 1.61. The van der Waals surface area contributed by atoms with Gasteiger partial charge in [0.15, 0.2) is 0 Å². The molecule has 0 amide bonds. The molecule has 0 bridgehead atoms. The van der Waals surface area contributed by atoms with Gasteiger partial charge in [-0.05, 0) is 18.2 Å². The topological polar surface area (TPSA) is 43.8 Å². The second-order valence-corrected chi connectivity index (χ2v) is 4.34. The zero-order valence-corrected chi connectivity index (χ0v) is 10.0. The maximum Gasteiger partial charge on any atom is 0.144 e. The minimum absolute atomic E-state index is 0.0145. The molecule has 3 rings (SSSR count). The lowest BCUT2D eigenvalue weighted by Gasteiger charge is -2.09. The van der Waals surface area contributed by atoms with E-state index in [2.05, 4.69) is 4.98 Å². The van der Waals surface area contributed by atoms with Crippen LogP contribution in [0, 0.1) is 5.82 Å². The van der Waals surface area contributed by atoms with Crippen molar-refractivity contribution in [3.8, 4) is 5.69 Å². The van der Waals surface area contributed by atoms with Gasteiger partial charge in [-0.2, -0.15) is 0 Å². The van der Waals surface area contributed by atoms with Gasteiger partial charge in [0.25, 0.3) is 0 Å². The summed E-state index contributed by atoms with van der Waals surface area (Å²) in [6, 6.07) is 10.3. The molecule has 0 saturated heterocycles. The number of hydrogen-bond acceptors (Lipinski definition) is 2. The number of benzene rings is 2. The number of hydrogen-bond donors (Lipinski definition) is 1. The van der Waals surface area contributed by atoms with Crippen LogP contribution in [0.1, 0.15) is 0 Å². The van der Waals surface area contributed by atoms with E-state index < -0.39 is 5.82 Å². The number of aromatic nitrogens is 2. The fourth-order valence-electron chi connectivity index (χ4n) is 1.91. The number of para-hydroxylation sites is 2. The first-order chi connectivity index (χ1) is 8.66. The summed E-state index contributed by atoms with van der Waals surface area (Å²) >= 11 is 5.69. The van der Waals surface area contributed by atoms with Crippen molar-refractivity contribution in [2.45, 2.75) is 0 Å². The van der Waals surface area contributed by atoms with Gasteiger partial charge in [-0.1, -0.05) is 23.7 Å². The highest BCUT2D eigenvalue weighted by Crippen LogP contribution is 2.27. The summed E-state index contributed by atoms with van der Waals surface area (Å²) in [4.78, 5) is 4.24. The zero-order valence-electron chi connectivity index (χ0n) is 9.27. The maximum absolute atomic E-state index is 13.5. The van der Waals surface area contributed by atoms with Crippen LogP contribution < -0.4 is 5.73 Å². The molecule has 2 aromatic carbocycles. The summed E-state index contributed by atoms with van der Waals surface area (Å²) in [5.41, 5.74) is 8.51. The number of nitrogens with zero attached hydrogens (tertiary/aromatic N) is 2. The van der Waals surface area contributed by atoms with Crippen molar-refractivity contribution in [2.75, 3.05) is 5.73 Å². The van der Waals surface area contributed by atoms with Crippen molar-refractivity contribution >= 4 is 28.3 Å². The fraction of sp³-hybridized carbons (Fsp3) is 0. The second kappa shape index (κ2) is 3.99. The van der Waals surface area contributed by atoms with Crippen LogP contribution in [0.4, 0.5) is 10.1 Å². The van der Waals surface area contributed by atoms with Gasteiger partial charge in [0, 0.05) is 6.07 Å². The summed E-state index contributed by atoms with van der Waals surface area (Å²) in [7, 11) is 0. The van der Waals surface area contributed by atoms with E-state index in [4.69, 9.17) is 17.3 Å². The van der Waals surface area contributed by atoms with E-state index in [1.807, 2.05) is 24.3 Å². The average molecular weight is 262 g/mol. The third kappa shape index (κ3) is 1.62. The normalized spacial score (nSPS) is 11.0. The molecule has 1 heterocycles. The first kappa shape index (κ1) is 11.0. The lowest BCUT2D eigenvalue weighted by Crippen LogP contribution is -1.99. The Morgan fingerprint density at radius 2 is 2.00 bits per heavy atom. The van der Waals surface area contributed by atoms with Crippen molar-refractivity contribution in [3.63, 3.8) is 0 Å². The smallest absolute Gasteiger partial charge is 0.144 e. The lowest BCUT2D eigenvalue weighted by atomic mass is 10.2. The van der Waals surface area contributed by atoms with Crippen LogP contribution in [0.3, 0.4) is 0 Å². The van der Waals surface area contributed by atoms with Crippen molar-refractivity contribution in [2.24, 2.45) is 0 Å². The molecule has 0 aliphatic heterocycles. The summed E-state index contributed by atoms with van der Waals surface area (Å²) in [5.74, 6) is -0.501. The standard InChI is InChI=1S/C13H9ClFN3/c14-8-5-10(16)13(6-9(8)15)18-7-17-11-3-1-2-4-12(11)18/h1-7H,16H2. The zero-order chi connectivity index (χ0) is 12.7. The van der Waals surface area contributed by atoms with Gasteiger partial charge in [0.05, 0.1) is 27.4 Å². The molecule has 2 N–H and O–H groups in total. The van der Waals surface area contributed by atoms with Crippen molar-refractivity contribution < 1.29 is 4.39 Å². The highest BCUT2D eigenvalue weighted by molar-refractivity contribution is 6.31. The molecule has 5 heteroatoms. The predicted octanol–water partition coefficient (Wildman–Crippen LogP) is 3.40. The Labute approximate surface area is 108 Å². The van der Waals surface area contributed by atoms with Crippen molar-refractivity contribution in [3.05, 3.63) is 53.6 Å². The van der Waals surface area contributed by atoms with E-state index >= 15 is 0 Å². The van der Waals surface area contributed by atoms with Gasteiger partial charge in [-0.25, -0.2) is 9.37 Å². The van der Waals surface area contributed by atoms with Crippen LogP contribution in [0.2, 0.25) is 5.02 Å². The molecule has 3 nitrogen and oxygen atoms in total. The van der Waals surface area contributed by atoms with Crippen molar-refractivity contribution in [1.82, 2.24) is 9.55 Å². The Bertz CT molecular complexity index is 736. The van der Waals surface area contributed by atoms with E-state index in [-0.39, 0.29) is 5.02 Å².